The molecule has 1 heterocycles. The molecule has 1 aromatic carbocycles. The maximum atomic E-state index is 13.2. The summed E-state index contributed by atoms with van der Waals surface area (Å²) in [6.07, 6.45) is 2.36. The van der Waals surface area contributed by atoms with E-state index in [1.54, 1.807) is 12.1 Å². The monoisotopic (exact) mass is 364 g/mol. The van der Waals surface area contributed by atoms with E-state index in [0.29, 0.717) is 18.7 Å². The first-order valence-corrected chi connectivity index (χ1v) is 9.30. The van der Waals surface area contributed by atoms with Gasteiger partial charge in [0.2, 0.25) is 5.91 Å². The van der Waals surface area contributed by atoms with Crippen LogP contribution in [0.3, 0.4) is 0 Å². The van der Waals surface area contributed by atoms with Gasteiger partial charge in [-0.15, -0.1) is 0 Å². The first-order valence-electron chi connectivity index (χ1n) is 9.30. The fourth-order valence-electron chi connectivity index (χ4n) is 2.79. The second-order valence-electron chi connectivity index (χ2n) is 6.37. The van der Waals surface area contributed by atoms with Crippen LogP contribution in [-0.2, 0) is 4.79 Å². The van der Waals surface area contributed by atoms with Crippen molar-refractivity contribution in [1.29, 1.82) is 0 Å². The zero-order valence-electron chi connectivity index (χ0n) is 15.6. The van der Waals surface area contributed by atoms with Crippen molar-refractivity contribution >= 4 is 11.9 Å². The summed E-state index contributed by atoms with van der Waals surface area (Å²) in [6.45, 7) is 7.52. The number of carbonyl (C=O) groups excluding carboxylic acids is 1. The standard InChI is InChI=1S/C19H29FN4O2/c1-3-21-19(22-10-6-12-24-11-5-9-18(24)25)23-14-15(2)26-17-8-4-7-16(20)13-17/h4,7-8,13,15H,3,5-6,9-12,14H2,1-2H3,(H2,21,22,23). The van der Waals surface area contributed by atoms with E-state index in [9.17, 15) is 9.18 Å². The number of nitrogens with one attached hydrogen (secondary N) is 2. The molecule has 1 saturated heterocycles. The second kappa shape index (κ2) is 10.6. The van der Waals surface area contributed by atoms with Gasteiger partial charge in [-0.25, -0.2) is 9.38 Å². The zero-order chi connectivity index (χ0) is 18.8. The van der Waals surface area contributed by atoms with Gasteiger partial charge in [-0.3, -0.25) is 4.79 Å². The molecular formula is C19H29FN4O2. The lowest BCUT2D eigenvalue weighted by Crippen LogP contribution is -2.39. The van der Waals surface area contributed by atoms with Crippen molar-refractivity contribution in [1.82, 2.24) is 15.5 Å². The van der Waals surface area contributed by atoms with Crippen LogP contribution in [0, 0.1) is 5.82 Å². The molecule has 0 aliphatic carbocycles. The van der Waals surface area contributed by atoms with Gasteiger partial charge in [0, 0.05) is 38.7 Å². The van der Waals surface area contributed by atoms with Gasteiger partial charge in [0.05, 0.1) is 6.54 Å². The predicted octanol–water partition coefficient (Wildman–Crippen LogP) is 2.16. The molecular weight excluding hydrogens is 335 g/mol. The summed E-state index contributed by atoms with van der Waals surface area (Å²) in [4.78, 5) is 18.0. The number of guanidine groups is 1. The molecule has 1 amide bonds. The Labute approximate surface area is 154 Å². The molecule has 1 unspecified atom stereocenters. The molecule has 1 atom stereocenters. The number of ether oxygens (including phenoxy) is 1. The van der Waals surface area contributed by atoms with Gasteiger partial charge in [-0.05, 0) is 38.8 Å². The summed E-state index contributed by atoms with van der Waals surface area (Å²) < 4.78 is 18.9. The first-order chi connectivity index (χ1) is 12.6. The summed E-state index contributed by atoms with van der Waals surface area (Å²) in [7, 11) is 0. The van der Waals surface area contributed by atoms with Crippen LogP contribution in [0.15, 0.2) is 29.3 Å². The molecule has 0 radical (unpaired) electrons. The molecule has 6 nitrogen and oxygen atoms in total. The molecule has 2 N–H and O–H groups in total. The van der Waals surface area contributed by atoms with E-state index in [1.807, 2.05) is 18.7 Å². The van der Waals surface area contributed by atoms with Gasteiger partial charge in [0.15, 0.2) is 5.96 Å². The van der Waals surface area contributed by atoms with Crippen molar-refractivity contribution in [3.63, 3.8) is 0 Å². The lowest BCUT2D eigenvalue weighted by atomic mass is 10.3. The van der Waals surface area contributed by atoms with Crippen LogP contribution in [0.4, 0.5) is 4.39 Å². The highest BCUT2D eigenvalue weighted by molar-refractivity contribution is 5.79. The number of amides is 1. The summed E-state index contributed by atoms with van der Waals surface area (Å²) in [6, 6.07) is 6.10. The van der Waals surface area contributed by atoms with E-state index in [-0.39, 0.29) is 17.8 Å². The molecule has 144 valence electrons. The fourth-order valence-corrected chi connectivity index (χ4v) is 2.79. The molecule has 0 aromatic heterocycles. The van der Waals surface area contributed by atoms with Crippen molar-refractivity contribution in [2.75, 3.05) is 32.7 Å². The molecule has 0 spiro atoms. The molecule has 7 heteroatoms. The van der Waals surface area contributed by atoms with E-state index in [0.717, 1.165) is 45.0 Å². The SMILES string of the molecule is CCNC(=NCC(C)Oc1cccc(F)c1)NCCCN1CCCC1=O. The highest BCUT2D eigenvalue weighted by Crippen LogP contribution is 2.13. The van der Waals surface area contributed by atoms with Gasteiger partial charge in [0.25, 0.3) is 0 Å². The Balaban J connectivity index is 1.73. The zero-order valence-corrected chi connectivity index (χ0v) is 15.6. The molecule has 0 bridgehead atoms. The molecule has 1 aliphatic rings. The van der Waals surface area contributed by atoms with Crippen LogP contribution in [0.5, 0.6) is 5.75 Å². The predicted molar refractivity (Wildman–Crippen MR) is 101 cm³/mol. The molecule has 1 fully saturated rings. The average Bonchev–Trinajstić information content (AvgIpc) is 3.01. The largest absolute Gasteiger partial charge is 0.489 e. The van der Waals surface area contributed by atoms with E-state index in [1.165, 1.54) is 12.1 Å². The third kappa shape index (κ3) is 6.90. The quantitative estimate of drug-likeness (QED) is 0.400. The van der Waals surface area contributed by atoms with Crippen LogP contribution in [0.25, 0.3) is 0 Å². The normalized spacial score (nSPS) is 15.9. The molecule has 26 heavy (non-hydrogen) atoms. The van der Waals surface area contributed by atoms with E-state index in [2.05, 4.69) is 15.6 Å². The van der Waals surface area contributed by atoms with Crippen molar-refractivity contribution < 1.29 is 13.9 Å². The smallest absolute Gasteiger partial charge is 0.222 e. The lowest BCUT2D eigenvalue weighted by Gasteiger charge is -2.17. The summed E-state index contributed by atoms with van der Waals surface area (Å²) in [5.74, 6) is 1.16. The summed E-state index contributed by atoms with van der Waals surface area (Å²) >= 11 is 0. The Hall–Kier alpha value is -2.31. The van der Waals surface area contributed by atoms with Gasteiger partial charge in [-0.1, -0.05) is 6.07 Å². The average molecular weight is 364 g/mol. The molecule has 0 saturated carbocycles. The number of rotatable bonds is 9. The Morgan fingerprint density at radius 3 is 2.96 bits per heavy atom. The van der Waals surface area contributed by atoms with Crippen LogP contribution in [0.1, 0.15) is 33.1 Å². The third-order valence-electron chi connectivity index (χ3n) is 4.05. The molecule has 1 aromatic rings. The van der Waals surface area contributed by atoms with Gasteiger partial charge in [-0.2, -0.15) is 0 Å². The molecule has 1 aliphatic heterocycles. The Morgan fingerprint density at radius 2 is 2.27 bits per heavy atom. The van der Waals surface area contributed by atoms with Gasteiger partial charge < -0.3 is 20.3 Å². The van der Waals surface area contributed by atoms with Crippen LogP contribution in [0.2, 0.25) is 0 Å². The van der Waals surface area contributed by atoms with Gasteiger partial charge >= 0.3 is 0 Å². The topological polar surface area (TPSA) is 66.0 Å². The van der Waals surface area contributed by atoms with Crippen LogP contribution < -0.4 is 15.4 Å². The fraction of sp³-hybridized carbons (Fsp3) is 0.579. The maximum Gasteiger partial charge on any atom is 0.222 e. The van der Waals surface area contributed by atoms with E-state index < -0.39 is 0 Å². The lowest BCUT2D eigenvalue weighted by molar-refractivity contribution is -0.127. The minimum Gasteiger partial charge on any atom is -0.489 e. The van der Waals surface area contributed by atoms with Crippen LogP contribution >= 0.6 is 0 Å². The Kier molecular flexibility index (Phi) is 8.18. The maximum absolute atomic E-state index is 13.2. The number of hydrogen-bond acceptors (Lipinski definition) is 3. The van der Waals surface area contributed by atoms with Gasteiger partial charge in [0.1, 0.15) is 17.7 Å². The van der Waals surface area contributed by atoms with Crippen molar-refractivity contribution in [2.45, 2.75) is 39.2 Å². The summed E-state index contributed by atoms with van der Waals surface area (Å²) in [5, 5.41) is 6.46. The van der Waals surface area contributed by atoms with E-state index in [4.69, 9.17) is 4.74 Å². The number of nitrogens with zero attached hydrogens (tertiary/aromatic N) is 2. The number of carbonyl (C=O) groups is 1. The van der Waals surface area contributed by atoms with Crippen molar-refractivity contribution in [2.24, 2.45) is 4.99 Å². The summed E-state index contributed by atoms with van der Waals surface area (Å²) in [5.41, 5.74) is 0. The van der Waals surface area contributed by atoms with E-state index >= 15 is 0 Å². The van der Waals surface area contributed by atoms with Crippen LogP contribution in [-0.4, -0.2) is 55.6 Å². The third-order valence-corrected chi connectivity index (χ3v) is 4.05. The minimum atomic E-state index is -0.315. The number of hydrogen-bond donors (Lipinski definition) is 2. The Bertz CT molecular complexity index is 609. The van der Waals surface area contributed by atoms with Crippen molar-refractivity contribution in [3.05, 3.63) is 30.1 Å². The highest BCUT2D eigenvalue weighted by atomic mass is 19.1. The molecule has 2 rings (SSSR count). The first kappa shape index (κ1) is 20.0. The Morgan fingerprint density at radius 1 is 1.42 bits per heavy atom. The minimum absolute atomic E-state index is 0.172. The van der Waals surface area contributed by atoms with Crippen molar-refractivity contribution in [3.8, 4) is 5.75 Å². The number of likely N-dealkylation sites (tertiary alicyclic amines) is 1. The number of aliphatic imine (C=N–C) groups is 1. The highest BCUT2D eigenvalue weighted by Gasteiger charge is 2.18. The second-order valence-corrected chi connectivity index (χ2v) is 6.37. The number of halogens is 1. The number of benzene rings is 1.